The maximum Gasteiger partial charge on any atom is 0.257 e. The molecule has 5 nitrogen and oxygen atoms in total. The first-order chi connectivity index (χ1) is 14.1. The molecular weight excluding hydrogens is 360 g/mol. The SMILES string of the molecule is CC1CCN(c2ccc(NC(=O)c3cncc(N4CCC(C)CC4)c3)cc2)CC1. The van der Waals surface area contributed by atoms with Crippen molar-refractivity contribution in [1.82, 2.24) is 4.98 Å². The van der Waals surface area contributed by atoms with Gasteiger partial charge in [0.05, 0.1) is 17.4 Å². The quantitative estimate of drug-likeness (QED) is 0.811. The van der Waals surface area contributed by atoms with Crippen molar-refractivity contribution in [2.24, 2.45) is 11.8 Å². The van der Waals surface area contributed by atoms with E-state index in [1.165, 1.54) is 31.4 Å². The van der Waals surface area contributed by atoms with Crippen molar-refractivity contribution in [2.45, 2.75) is 39.5 Å². The summed E-state index contributed by atoms with van der Waals surface area (Å²) in [6, 6.07) is 10.2. The van der Waals surface area contributed by atoms with Gasteiger partial charge in [0, 0.05) is 43.8 Å². The van der Waals surface area contributed by atoms with Crippen molar-refractivity contribution in [1.29, 1.82) is 0 Å². The highest BCUT2D eigenvalue weighted by molar-refractivity contribution is 6.04. The second-order valence-electron chi connectivity index (χ2n) is 8.77. The number of aromatic nitrogens is 1. The molecule has 154 valence electrons. The summed E-state index contributed by atoms with van der Waals surface area (Å²) >= 11 is 0. The van der Waals surface area contributed by atoms with E-state index in [0.717, 1.165) is 49.4 Å². The van der Waals surface area contributed by atoms with E-state index in [-0.39, 0.29) is 5.91 Å². The van der Waals surface area contributed by atoms with Crippen molar-refractivity contribution < 1.29 is 4.79 Å². The largest absolute Gasteiger partial charge is 0.372 e. The first-order valence-electron chi connectivity index (χ1n) is 10.9. The standard InChI is InChI=1S/C24H32N4O/c1-18-7-11-27(12-8-18)22-5-3-21(4-6-22)26-24(29)20-15-23(17-25-16-20)28-13-9-19(2)10-14-28/h3-6,15-19H,7-14H2,1-2H3,(H,26,29). The Bertz CT molecular complexity index is 819. The minimum atomic E-state index is -0.107. The second kappa shape index (κ2) is 8.85. The fraction of sp³-hybridized carbons (Fsp3) is 0.500. The summed E-state index contributed by atoms with van der Waals surface area (Å²) in [6.07, 6.45) is 8.39. The van der Waals surface area contributed by atoms with Gasteiger partial charge in [-0.15, -0.1) is 0 Å². The summed E-state index contributed by atoms with van der Waals surface area (Å²) in [7, 11) is 0. The molecule has 3 heterocycles. The summed E-state index contributed by atoms with van der Waals surface area (Å²) in [5.41, 5.74) is 3.70. The molecule has 0 atom stereocenters. The van der Waals surface area contributed by atoms with Gasteiger partial charge in [-0.25, -0.2) is 0 Å². The van der Waals surface area contributed by atoms with Gasteiger partial charge >= 0.3 is 0 Å². The Morgan fingerprint density at radius 2 is 1.41 bits per heavy atom. The van der Waals surface area contributed by atoms with Crippen LogP contribution in [0.25, 0.3) is 0 Å². The zero-order valence-electron chi connectivity index (χ0n) is 17.6. The highest BCUT2D eigenvalue weighted by Gasteiger charge is 2.18. The number of pyridine rings is 1. The zero-order valence-corrected chi connectivity index (χ0v) is 17.6. The molecule has 0 aliphatic carbocycles. The second-order valence-corrected chi connectivity index (χ2v) is 8.77. The molecule has 0 bridgehead atoms. The summed E-state index contributed by atoms with van der Waals surface area (Å²) in [5, 5.41) is 3.02. The predicted octanol–water partition coefficient (Wildman–Crippen LogP) is 4.81. The topological polar surface area (TPSA) is 48.5 Å². The Balaban J connectivity index is 1.38. The van der Waals surface area contributed by atoms with Crippen LogP contribution in [0.4, 0.5) is 17.1 Å². The summed E-state index contributed by atoms with van der Waals surface area (Å²) in [4.78, 5) is 21.8. The Kier molecular flexibility index (Phi) is 6.02. The van der Waals surface area contributed by atoms with Crippen molar-refractivity contribution in [3.05, 3.63) is 48.3 Å². The first-order valence-corrected chi connectivity index (χ1v) is 10.9. The number of nitrogens with one attached hydrogen (secondary N) is 1. The smallest absolute Gasteiger partial charge is 0.257 e. The average molecular weight is 393 g/mol. The number of hydrogen-bond acceptors (Lipinski definition) is 4. The number of rotatable bonds is 4. The molecule has 2 fully saturated rings. The predicted molar refractivity (Wildman–Crippen MR) is 120 cm³/mol. The molecule has 5 heteroatoms. The molecular formula is C24H32N4O. The molecule has 0 spiro atoms. The fourth-order valence-electron chi connectivity index (χ4n) is 4.22. The molecule has 0 radical (unpaired) electrons. The molecule has 29 heavy (non-hydrogen) atoms. The van der Waals surface area contributed by atoms with Crippen LogP contribution < -0.4 is 15.1 Å². The third-order valence-electron chi connectivity index (χ3n) is 6.41. The number of nitrogens with zero attached hydrogens (tertiary/aromatic N) is 3. The van der Waals surface area contributed by atoms with E-state index in [1.807, 2.05) is 24.4 Å². The highest BCUT2D eigenvalue weighted by Crippen LogP contribution is 2.25. The molecule has 1 aromatic carbocycles. The van der Waals surface area contributed by atoms with E-state index < -0.39 is 0 Å². The van der Waals surface area contributed by atoms with Crippen molar-refractivity contribution in [3.8, 4) is 0 Å². The summed E-state index contributed by atoms with van der Waals surface area (Å²) in [5.74, 6) is 1.49. The van der Waals surface area contributed by atoms with E-state index in [4.69, 9.17) is 0 Å². The third kappa shape index (κ3) is 4.89. The summed E-state index contributed by atoms with van der Waals surface area (Å²) < 4.78 is 0. The molecule has 2 aromatic rings. The van der Waals surface area contributed by atoms with Crippen LogP contribution in [0.5, 0.6) is 0 Å². The molecule has 2 aliphatic heterocycles. The van der Waals surface area contributed by atoms with Crippen molar-refractivity contribution in [3.63, 3.8) is 0 Å². The van der Waals surface area contributed by atoms with Crippen LogP contribution in [-0.4, -0.2) is 37.1 Å². The number of benzene rings is 1. The van der Waals surface area contributed by atoms with Gasteiger partial charge in [0.15, 0.2) is 0 Å². The van der Waals surface area contributed by atoms with Gasteiger partial charge in [0.1, 0.15) is 0 Å². The van der Waals surface area contributed by atoms with Crippen LogP contribution in [0.2, 0.25) is 0 Å². The highest BCUT2D eigenvalue weighted by atomic mass is 16.1. The van der Waals surface area contributed by atoms with Crippen LogP contribution in [0.1, 0.15) is 49.9 Å². The van der Waals surface area contributed by atoms with E-state index in [1.54, 1.807) is 6.20 Å². The van der Waals surface area contributed by atoms with Gasteiger partial charge in [-0.1, -0.05) is 13.8 Å². The maximum atomic E-state index is 12.7. The lowest BCUT2D eigenvalue weighted by atomic mass is 9.99. The van der Waals surface area contributed by atoms with Gasteiger partial charge in [0.2, 0.25) is 0 Å². The minimum Gasteiger partial charge on any atom is -0.372 e. The molecule has 2 aliphatic rings. The van der Waals surface area contributed by atoms with E-state index >= 15 is 0 Å². The number of carbonyl (C=O) groups is 1. The van der Waals surface area contributed by atoms with E-state index in [2.05, 4.69) is 46.1 Å². The van der Waals surface area contributed by atoms with Crippen LogP contribution in [0, 0.1) is 11.8 Å². The van der Waals surface area contributed by atoms with Gasteiger partial charge < -0.3 is 15.1 Å². The monoisotopic (exact) mass is 392 g/mol. The molecule has 1 N–H and O–H groups in total. The number of piperidine rings is 2. The van der Waals surface area contributed by atoms with Gasteiger partial charge in [-0.2, -0.15) is 0 Å². The third-order valence-corrected chi connectivity index (χ3v) is 6.41. The van der Waals surface area contributed by atoms with Crippen LogP contribution in [-0.2, 0) is 0 Å². The Hall–Kier alpha value is -2.56. The molecule has 1 amide bonds. The molecule has 4 rings (SSSR count). The van der Waals surface area contributed by atoms with Crippen molar-refractivity contribution >= 4 is 23.0 Å². The lowest BCUT2D eigenvalue weighted by Crippen LogP contribution is -2.33. The van der Waals surface area contributed by atoms with Crippen LogP contribution in [0.15, 0.2) is 42.7 Å². The maximum absolute atomic E-state index is 12.7. The number of carbonyl (C=O) groups excluding carboxylic acids is 1. The Morgan fingerprint density at radius 3 is 2.00 bits per heavy atom. The number of hydrogen-bond donors (Lipinski definition) is 1. The molecule has 2 saturated heterocycles. The van der Waals surface area contributed by atoms with Crippen LogP contribution in [0.3, 0.4) is 0 Å². The average Bonchev–Trinajstić information content (AvgIpc) is 2.75. The minimum absolute atomic E-state index is 0.107. The molecule has 1 aromatic heterocycles. The fourth-order valence-corrected chi connectivity index (χ4v) is 4.22. The summed E-state index contributed by atoms with van der Waals surface area (Å²) in [6.45, 7) is 8.92. The first kappa shape index (κ1) is 19.7. The van der Waals surface area contributed by atoms with Gasteiger partial charge in [0.25, 0.3) is 5.91 Å². The van der Waals surface area contributed by atoms with Crippen LogP contribution >= 0.6 is 0 Å². The lowest BCUT2D eigenvalue weighted by Gasteiger charge is -2.32. The van der Waals surface area contributed by atoms with E-state index in [9.17, 15) is 4.79 Å². The van der Waals surface area contributed by atoms with Gasteiger partial charge in [-0.05, 0) is 67.9 Å². The van der Waals surface area contributed by atoms with Crippen molar-refractivity contribution in [2.75, 3.05) is 41.3 Å². The van der Waals surface area contributed by atoms with Gasteiger partial charge in [-0.3, -0.25) is 9.78 Å². The zero-order chi connectivity index (χ0) is 20.2. The number of anilines is 3. The lowest BCUT2D eigenvalue weighted by molar-refractivity contribution is 0.102. The molecule has 0 unspecified atom stereocenters. The Morgan fingerprint density at radius 1 is 0.862 bits per heavy atom. The Labute approximate surface area is 174 Å². The normalized spacial score (nSPS) is 18.7. The molecule has 0 saturated carbocycles. The number of amides is 1. The van der Waals surface area contributed by atoms with E-state index in [0.29, 0.717) is 5.56 Å².